The molecule has 4 aromatic rings. The second kappa shape index (κ2) is 7.46. The first-order chi connectivity index (χ1) is 14.1. The molecule has 0 fully saturated rings. The van der Waals surface area contributed by atoms with Crippen LogP contribution in [0, 0.1) is 0 Å². The summed E-state index contributed by atoms with van der Waals surface area (Å²) in [7, 11) is 0. The second-order valence-corrected chi connectivity index (χ2v) is 9.45. The molecule has 3 aromatic heterocycles. The Hall–Kier alpha value is -2.39. The molecule has 10 heteroatoms. The summed E-state index contributed by atoms with van der Waals surface area (Å²) in [6.45, 7) is 0.492. The Bertz CT molecular complexity index is 1190. The minimum atomic E-state index is -0.277. The van der Waals surface area contributed by atoms with Crippen LogP contribution in [0.3, 0.4) is 0 Å². The lowest BCUT2D eigenvalue weighted by Gasteiger charge is -2.19. The summed E-state index contributed by atoms with van der Waals surface area (Å²) >= 11 is 14.8. The number of fused-ring (bicyclic) bond motifs is 2. The zero-order valence-electron chi connectivity index (χ0n) is 14.6. The summed E-state index contributed by atoms with van der Waals surface area (Å²) in [5, 5.41) is 0.538. The SMILES string of the molecule is O=C(c1cc(Cl)sc1Cl)N(Cc1cccnc1)c1nc2cc3c(cc2s1)OCO3. The molecule has 1 amide bonds. The zero-order chi connectivity index (χ0) is 20.0. The molecule has 146 valence electrons. The monoisotopic (exact) mass is 463 g/mol. The Labute approximate surface area is 183 Å². The van der Waals surface area contributed by atoms with Crippen LogP contribution in [0.5, 0.6) is 11.5 Å². The fourth-order valence-corrected chi connectivity index (χ4v) is 5.37. The van der Waals surface area contributed by atoms with Crippen molar-refractivity contribution in [3.05, 3.63) is 62.5 Å². The molecule has 0 spiro atoms. The maximum Gasteiger partial charge on any atom is 0.262 e. The van der Waals surface area contributed by atoms with Gasteiger partial charge in [0.15, 0.2) is 16.6 Å². The molecule has 0 aliphatic carbocycles. The number of nitrogens with zero attached hydrogens (tertiary/aromatic N) is 3. The van der Waals surface area contributed by atoms with Crippen molar-refractivity contribution in [1.82, 2.24) is 9.97 Å². The number of ether oxygens (including phenoxy) is 2. The van der Waals surface area contributed by atoms with E-state index in [0.29, 0.717) is 37.4 Å². The first kappa shape index (κ1) is 18.6. The average molecular weight is 464 g/mol. The van der Waals surface area contributed by atoms with E-state index in [4.69, 9.17) is 32.7 Å². The molecular weight excluding hydrogens is 453 g/mol. The van der Waals surface area contributed by atoms with E-state index in [-0.39, 0.29) is 12.7 Å². The van der Waals surface area contributed by atoms with Crippen molar-refractivity contribution < 1.29 is 14.3 Å². The number of pyridine rings is 1. The normalized spacial score (nSPS) is 12.5. The van der Waals surface area contributed by atoms with Gasteiger partial charge in [-0.25, -0.2) is 4.98 Å². The molecule has 0 saturated carbocycles. The Morgan fingerprint density at radius 1 is 1.17 bits per heavy atom. The number of thiazole rings is 1. The van der Waals surface area contributed by atoms with Gasteiger partial charge in [-0.3, -0.25) is 14.7 Å². The van der Waals surface area contributed by atoms with Crippen LogP contribution >= 0.6 is 45.9 Å². The first-order valence-electron chi connectivity index (χ1n) is 8.44. The highest BCUT2D eigenvalue weighted by Crippen LogP contribution is 2.41. The number of carbonyl (C=O) groups excluding carboxylic acids is 1. The van der Waals surface area contributed by atoms with Gasteiger partial charge in [0.25, 0.3) is 5.91 Å². The summed E-state index contributed by atoms with van der Waals surface area (Å²) < 4.78 is 12.6. The lowest BCUT2D eigenvalue weighted by molar-refractivity contribution is 0.0985. The van der Waals surface area contributed by atoms with Crippen LogP contribution < -0.4 is 14.4 Å². The fraction of sp³-hybridized carbons (Fsp3) is 0.105. The minimum Gasteiger partial charge on any atom is -0.454 e. The van der Waals surface area contributed by atoms with E-state index >= 15 is 0 Å². The Balaban J connectivity index is 1.58. The second-order valence-electron chi connectivity index (χ2n) is 6.16. The topological polar surface area (TPSA) is 64.6 Å². The lowest BCUT2D eigenvalue weighted by Crippen LogP contribution is -2.30. The molecule has 0 N–H and O–H groups in total. The summed E-state index contributed by atoms with van der Waals surface area (Å²) in [6.07, 6.45) is 3.40. The van der Waals surface area contributed by atoms with Crippen LogP contribution in [0.4, 0.5) is 5.13 Å². The zero-order valence-corrected chi connectivity index (χ0v) is 17.7. The van der Waals surface area contributed by atoms with Crippen molar-refractivity contribution in [2.24, 2.45) is 0 Å². The molecule has 1 aliphatic rings. The number of rotatable bonds is 4. The third-order valence-electron chi connectivity index (χ3n) is 4.30. The van der Waals surface area contributed by atoms with Crippen LogP contribution in [0.2, 0.25) is 8.67 Å². The summed E-state index contributed by atoms with van der Waals surface area (Å²) in [4.78, 5) is 23.7. The van der Waals surface area contributed by atoms with Crippen molar-refractivity contribution in [2.75, 3.05) is 11.7 Å². The number of anilines is 1. The molecule has 0 saturated heterocycles. The molecular formula is C19H11Cl2N3O3S2. The average Bonchev–Trinajstić information content (AvgIpc) is 3.42. The van der Waals surface area contributed by atoms with E-state index < -0.39 is 0 Å². The number of aromatic nitrogens is 2. The molecule has 4 heterocycles. The third-order valence-corrected chi connectivity index (χ3v) is 6.83. The van der Waals surface area contributed by atoms with Gasteiger partial charge in [0.05, 0.1) is 26.7 Å². The number of thiophene rings is 1. The highest BCUT2D eigenvalue weighted by molar-refractivity contribution is 7.22. The first-order valence-corrected chi connectivity index (χ1v) is 10.8. The van der Waals surface area contributed by atoms with Crippen LogP contribution in [0.15, 0.2) is 42.7 Å². The molecule has 0 bridgehead atoms. The minimum absolute atomic E-state index is 0.197. The molecule has 29 heavy (non-hydrogen) atoms. The predicted molar refractivity (Wildman–Crippen MR) is 115 cm³/mol. The van der Waals surface area contributed by atoms with Gasteiger partial charge >= 0.3 is 0 Å². The number of carbonyl (C=O) groups is 1. The molecule has 0 radical (unpaired) electrons. The lowest BCUT2D eigenvalue weighted by atomic mass is 10.2. The highest BCUT2D eigenvalue weighted by atomic mass is 35.5. The van der Waals surface area contributed by atoms with E-state index in [1.54, 1.807) is 23.4 Å². The van der Waals surface area contributed by atoms with Gasteiger partial charge in [-0.05, 0) is 17.7 Å². The molecule has 0 atom stereocenters. The van der Waals surface area contributed by atoms with E-state index in [2.05, 4.69) is 9.97 Å². The molecule has 1 aliphatic heterocycles. The fourth-order valence-electron chi connectivity index (χ4n) is 2.95. The molecule has 0 unspecified atom stereocenters. The van der Waals surface area contributed by atoms with Gasteiger partial charge in [-0.2, -0.15) is 0 Å². The standard InChI is InChI=1S/C19H11Cl2N3O3S2/c20-16-4-11(17(21)29-16)18(25)24(8-10-2-1-3-22-7-10)19-23-12-5-13-14(27-9-26-13)6-15(12)28-19/h1-7H,8-9H2. The third kappa shape index (κ3) is 3.53. The van der Waals surface area contributed by atoms with E-state index in [0.717, 1.165) is 27.1 Å². The Morgan fingerprint density at radius 2 is 2.00 bits per heavy atom. The van der Waals surface area contributed by atoms with Gasteiger partial charge in [0.2, 0.25) is 6.79 Å². The number of amides is 1. The number of hydrogen-bond acceptors (Lipinski definition) is 7. The van der Waals surface area contributed by atoms with Crippen molar-refractivity contribution in [2.45, 2.75) is 6.54 Å². The summed E-state index contributed by atoms with van der Waals surface area (Å²) in [5.74, 6) is 1.04. The van der Waals surface area contributed by atoms with E-state index in [1.807, 2.05) is 24.3 Å². The number of hydrogen-bond donors (Lipinski definition) is 0. The van der Waals surface area contributed by atoms with Crippen molar-refractivity contribution >= 4 is 67.1 Å². The van der Waals surface area contributed by atoms with Crippen molar-refractivity contribution in [3.63, 3.8) is 0 Å². The Kier molecular flexibility index (Phi) is 4.79. The van der Waals surface area contributed by atoms with E-state index in [1.165, 1.54) is 11.3 Å². The van der Waals surface area contributed by atoms with Gasteiger partial charge in [-0.1, -0.05) is 40.6 Å². The van der Waals surface area contributed by atoms with Gasteiger partial charge < -0.3 is 9.47 Å². The summed E-state index contributed by atoms with van der Waals surface area (Å²) in [5.41, 5.74) is 1.94. The quantitative estimate of drug-likeness (QED) is 0.392. The maximum atomic E-state index is 13.3. The van der Waals surface area contributed by atoms with E-state index in [9.17, 15) is 4.79 Å². The number of benzene rings is 1. The highest BCUT2D eigenvalue weighted by Gasteiger charge is 2.26. The van der Waals surface area contributed by atoms with Crippen LogP contribution in [0.1, 0.15) is 15.9 Å². The summed E-state index contributed by atoms with van der Waals surface area (Å²) in [6, 6.07) is 9.00. The number of halogens is 2. The van der Waals surface area contributed by atoms with Crippen LogP contribution in [-0.2, 0) is 6.54 Å². The van der Waals surface area contributed by atoms with Crippen molar-refractivity contribution in [1.29, 1.82) is 0 Å². The van der Waals surface area contributed by atoms with Crippen molar-refractivity contribution in [3.8, 4) is 11.5 Å². The predicted octanol–water partition coefficient (Wildman–Crippen LogP) is 5.64. The Morgan fingerprint density at radius 3 is 2.72 bits per heavy atom. The van der Waals surface area contributed by atoms with Crippen LogP contribution in [-0.4, -0.2) is 22.7 Å². The van der Waals surface area contributed by atoms with Gasteiger partial charge in [-0.15, -0.1) is 11.3 Å². The van der Waals surface area contributed by atoms with Gasteiger partial charge in [0.1, 0.15) is 4.34 Å². The molecule has 6 nitrogen and oxygen atoms in total. The smallest absolute Gasteiger partial charge is 0.262 e. The van der Waals surface area contributed by atoms with Crippen LogP contribution in [0.25, 0.3) is 10.2 Å². The largest absolute Gasteiger partial charge is 0.454 e. The maximum absolute atomic E-state index is 13.3. The molecule has 5 rings (SSSR count). The van der Waals surface area contributed by atoms with Gasteiger partial charge in [0, 0.05) is 24.5 Å². The molecule has 1 aromatic carbocycles.